The third kappa shape index (κ3) is 3.13. The molecule has 2 aliphatic heterocycles. The Morgan fingerprint density at radius 2 is 2.09 bits per heavy atom. The first kappa shape index (κ1) is 15.4. The molecule has 0 saturated carbocycles. The van der Waals surface area contributed by atoms with Gasteiger partial charge in [0.2, 0.25) is 5.91 Å². The van der Waals surface area contributed by atoms with Gasteiger partial charge in [0, 0.05) is 30.1 Å². The number of benzene rings is 1. The maximum Gasteiger partial charge on any atom is 0.253 e. The second kappa shape index (κ2) is 6.30. The normalized spacial score (nSPS) is 22.7. The average Bonchev–Trinajstić information content (AvgIpc) is 2.72. The van der Waals surface area contributed by atoms with Crippen molar-refractivity contribution in [2.45, 2.75) is 23.5 Å². The molecule has 0 bridgehead atoms. The predicted octanol–water partition coefficient (Wildman–Crippen LogP) is 1.90. The molecule has 1 N–H and O–H groups in total. The Morgan fingerprint density at radius 3 is 2.91 bits per heavy atom. The lowest BCUT2D eigenvalue weighted by atomic mass is 10.1. The Kier molecular flexibility index (Phi) is 4.40. The van der Waals surface area contributed by atoms with Crippen LogP contribution in [-0.4, -0.2) is 60.1 Å². The van der Waals surface area contributed by atoms with Crippen LogP contribution in [0.25, 0.3) is 0 Å². The van der Waals surface area contributed by atoms with Crippen LogP contribution in [0.3, 0.4) is 0 Å². The van der Waals surface area contributed by atoms with E-state index in [-0.39, 0.29) is 17.1 Å². The number of amides is 2. The molecule has 1 aromatic rings. The van der Waals surface area contributed by atoms with Crippen LogP contribution in [0.1, 0.15) is 23.7 Å². The van der Waals surface area contributed by atoms with E-state index in [2.05, 4.69) is 17.3 Å². The van der Waals surface area contributed by atoms with Crippen molar-refractivity contribution in [3.8, 4) is 0 Å². The summed E-state index contributed by atoms with van der Waals surface area (Å²) in [5.41, 5.74) is 1.41. The van der Waals surface area contributed by atoms with Crippen molar-refractivity contribution in [3.05, 3.63) is 23.8 Å². The fourth-order valence-electron chi connectivity index (χ4n) is 2.77. The molecule has 22 heavy (non-hydrogen) atoms. The molecule has 0 aliphatic carbocycles. The largest absolute Gasteiger partial charge is 0.337 e. The van der Waals surface area contributed by atoms with Crippen molar-refractivity contribution >= 4 is 29.3 Å². The Hall–Kier alpha value is -1.53. The van der Waals surface area contributed by atoms with E-state index in [4.69, 9.17) is 0 Å². The SMILES string of the molecule is CC1Sc2ccc(C(=O)N3CCCN(C)CC3)cc2NC1=O. The molecule has 3 rings (SSSR count). The number of rotatable bonds is 1. The summed E-state index contributed by atoms with van der Waals surface area (Å²) in [6.07, 6.45) is 0.997. The van der Waals surface area contributed by atoms with Gasteiger partial charge in [-0.2, -0.15) is 0 Å². The van der Waals surface area contributed by atoms with E-state index in [0.717, 1.165) is 43.2 Å². The molecule has 5 nitrogen and oxygen atoms in total. The zero-order valence-corrected chi connectivity index (χ0v) is 13.8. The van der Waals surface area contributed by atoms with E-state index in [0.29, 0.717) is 5.56 Å². The van der Waals surface area contributed by atoms with Crippen LogP contribution in [0.2, 0.25) is 0 Å². The number of likely N-dealkylation sites (N-methyl/N-ethyl adjacent to an activating group) is 1. The molecule has 2 aliphatic rings. The quantitative estimate of drug-likeness (QED) is 0.859. The summed E-state index contributed by atoms with van der Waals surface area (Å²) in [5.74, 6) is 0.0504. The number of carbonyl (C=O) groups excluding carboxylic acids is 2. The second-order valence-electron chi connectivity index (χ2n) is 5.91. The van der Waals surface area contributed by atoms with Crippen LogP contribution >= 0.6 is 11.8 Å². The molecule has 6 heteroatoms. The summed E-state index contributed by atoms with van der Waals surface area (Å²) in [5, 5.41) is 2.80. The van der Waals surface area contributed by atoms with Gasteiger partial charge < -0.3 is 15.1 Å². The van der Waals surface area contributed by atoms with Crippen molar-refractivity contribution < 1.29 is 9.59 Å². The van der Waals surface area contributed by atoms with E-state index in [1.165, 1.54) is 11.8 Å². The lowest BCUT2D eigenvalue weighted by Gasteiger charge is -2.24. The zero-order chi connectivity index (χ0) is 15.7. The van der Waals surface area contributed by atoms with Gasteiger partial charge in [-0.3, -0.25) is 9.59 Å². The van der Waals surface area contributed by atoms with E-state index in [1.807, 2.05) is 30.0 Å². The van der Waals surface area contributed by atoms with Crippen molar-refractivity contribution in [2.24, 2.45) is 0 Å². The van der Waals surface area contributed by atoms with Gasteiger partial charge in [0.1, 0.15) is 0 Å². The van der Waals surface area contributed by atoms with E-state index < -0.39 is 0 Å². The molecule has 1 atom stereocenters. The van der Waals surface area contributed by atoms with Crippen LogP contribution in [-0.2, 0) is 4.79 Å². The third-order valence-electron chi connectivity index (χ3n) is 4.16. The molecule has 118 valence electrons. The third-order valence-corrected chi connectivity index (χ3v) is 5.34. The topological polar surface area (TPSA) is 52.7 Å². The summed E-state index contributed by atoms with van der Waals surface area (Å²) in [6.45, 7) is 5.36. The van der Waals surface area contributed by atoms with Gasteiger partial charge >= 0.3 is 0 Å². The number of nitrogens with one attached hydrogen (secondary N) is 1. The molecule has 1 aromatic carbocycles. The number of thioether (sulfide) groups is 1. The van der Waals surface area contributed by atoms with Crippen LogP contribution in [0.4, 0.5) is 5.69 Å². The summed E-state index contributed by atoms with van der Waals surface area (Å²) < 4.78 is 0. The second-order valence-corrected chi connectivity index (χ2v) is 7.29. The van der Waals surface area contributed by atoms with E-state index >= 15 is 0 Å². The Balaban J connectivity index is 1.79. The van der Waals surface area contributed by atoms with Crippen LogP contribution < -0.4 is 5.32 Å². The first-order chi connectivity index (χ1) is 10.5. The van der Waals surface area contributed by atoms with Crippen molar-refractivity contribution in [1.82, 2.24) is 9.80 Å². The lowest BCUT2D eigenvalue weighted by Crippen LogP contribution is -2.34. The first-order valence-electron chi connectivity index (χ1n) is 7.64. The molecule has 0 radical (unpaired) electrons. The minimum Gasteiger partial charge on any atom is -0.337 e. The Bertz CT molecular complexity index is 605. The number of hydrogen-bond acceptors (Lipinski definition) is 4. The molecule has 2 heterocycles. The highest BCUT2D eigenvalue weighted by molar-refractivity contribution is 8.00. The first-order valence-corrected chi connectivity index (χ1v) is 8.52. The highest BCUT2D eigenvalue weighted by Crippen LogP contribution is 2.36. The van der Waals surface area contributed by atoms with Gasteiger partial charge in [-0.25, -0.2) is 0 Å². The molecule has 2 amide bonds. The monoisotopic (exact) mass is 319 g/mol. The fraction of sp³-hybridized carbons (Fsp3) is 0.500. The van der Waals surface area contributed by atoms with E-state index in [1.54, 1.807) is 0 Å². The van der Waals surface area contributed by atoms with Crippen molar-refractivity contribution in [3.63, 3.8) is 0 Å². The maximum absolute atomic E-state index is 12.7. The Morgan fingerprint density at radius 1 is 1.27 bits per heavy atom. The van der Waals surface area contributed by atoms with E-state index in [9.17, 15) is 9.59 Å². The summed E-state index contributed by atoms with van der Waals surface area (Å²) >= 11 is 1.54. The Labute approximate surface area is 135 Å². The molecule has 0 aromatic heterocycles. The molecule has 1 saturated heterocycles. The van der Waals surface area contributed by atoms with Gasteiger partial charge in [-0.05, 0) is 45.1 Å². The molecular formula is C16H21N3O2S. The van der Waals surface area contributed by atoms with Gasteiger partial charge in [-0.15, -0.1) is 11.8 Å². The highest BCUT2D eigenvalue weighted by atomic mass is 32.2. The molecule has 0 spiro atoms. The number of hydrogen-bond donors (Lipinski definition) is 1. The predicted molar refractivity (Wildman–Crippen MR) is 88.4 cm³/mol. The molecule has 1 fully saturated rings. The highest BCUT2D eigenvalue weighted by Gasteiger charge is 2.25. The number of anilines is 1. The summed E-state index contributed by atoms with van der Waals surface area (Å²) in [6, 6.07) is 5.61. The van der Waals surface area contributed by atoms with Crippen molar-refractivity contribution in [1.29, 1.82) is 0 Å². The minimum atomic E-state index is -0.0878. The number of nitrogens with zero attached hydrogens (tertiary/aromatic N) is 2. The number of fused-ring (bicyclic) bond motifs is 1. The molecule has 1 unspecified atom stereocenters. The zero-order valence-electron chi connectivity index (χ0n) is 13.0. The van der Waals surface area contributed by atoms with Crippen LogP contribution in [0, 0.1) is 0 Å². The average molecular weight is 319 g/mol. The van der Waals surface area contributed by atoms with Gasteiger partial charge in [-0.1, -0.05) is 0 Å². The lowest BCUT2D eigenvalue weighted by molar-refractivity contribution is -0.115. The fourth-order valence-corrected chi connectivity index (χ4v) is 3.70. The van der Waals surface area contributed by atoms with Gasteiger partial charge in [0.25, 0.3) is 5.91 Å². The number of carbonyl (C=O) groups is 2. The smallest absolute Gasteiger partial charge is 0.253 e. The van der Waals surface area contributed by atoms with Crippen molar-refractivity contribution in [2.75, 3.05) is 38.5 Å². The van der Waals surface area contributed by atoms with Crippen LogP contribution in [0.5, 0.6) is 0 Å². The summed E-state index contributed by atoms with van der Waals surface area (Å²) in [4.78, 5) is 29.7. The maximum atomic E-state index is 12.7. The standard InChI is InChI=1S/C16H21N3O2S/c1-11-15(20)17-13-10-12(4-5-14(13)22-11)16(21)19-7-3-6-18(2)8-9-19/h4-5,10-11H,3,6-9H2,1-2H3,(H,17,20). The van der Waals surface area contributed by atoms with Gasteiger partial charge in [0.15, 0.2) is 0 Å². The summed E-state index contributed by atoms with van der Waals surface area (Å²) in [7, 11) is 2.08. The van der Waals surface area contributed by atoms with Crippen LogP contribution in [0.15, 0.2) is 23.1 Å². The molecular weight excluding hydrogens is 298 g/mol. The van der Waals surface area contributed by atoms with Gasteiger partial charge in [0.05, 0.1) is 10.9 Å². The minimum absolute atomic E-state index is 0.00139.